The molecule has 0 atom stereocenters. The molecule has 4 rings (SSSR count). The van der Waals surface area contributed by atoms with Gasteiger partial charge in [-0.15, -0.1) is 11.3 Å². The van der Waals surface area contributed by atoms with E-state index in [2.05, 4.69) is 21.7 Å². The summed E-state index contributed by atoms with van der Waals surface area (Å²) in [4.78, 5) is 16.7. The van der Waals surface area contributed by atoms with E-state index in [4.69, 9.17) is 16.6 Å². The standard InChI is InChI=1S/C15H19ClN4S/c1-2-19-6-8-20(9-7-19)15-17-13(16)12-10-4-3-5-11(10)21-14(12)18-15/h2-9H2,1H3. The molecular formula is C15H19ClN4S. The minimum Gasteiger partial charge on any atom is -0.338 e. The van der Waals surface area contributed by atoms with Gasteiger partial charge >= 0.3 is 0 Å². The Labute approximate surface area is 133 Å². The van der Waals surface area contributed by atoms with Gasteiger partial charge in [-0.3, -0.25) is 0 Å². The largest absolute Gasteiger partial charge is 0.338 e. The highest BCUT2D eigenvalue weighted by molar-refractivity contribution is 7.19. The summed E-state index contributed by atoms with van der Waals surface area (Å²) in [5.74, 6) is 0.808. The molecule has 1 aliphatic carbocycles. The number of aromatic nitrogens is 2. The van der Waals surface area contributed by atoms with Gasteiger partial charge < -0.3 is 9.80 Å². The third kappa shape index (κ3) is 2.31. The first-order valence-electron chi connectivity index (χ1n) is 7.71. The molecule has 0 N–H and O–H groups in total. The molecule has 0 radical (unpaired) electrons. The summed E-state index contributed by atoms with van der Waals surface area (Å²) in [7, 11) is 0. The number of nitrogens with zero attached hydrogens (tertiary/aromatic N) is 4. The zero-order chi connectivity index (χ0) is 14.4. The highest BCUT2D eigenvalue weighted by Crippen LogP contribution is 2.40. The Bertz CT molecular complexity index is 676. The number of rotatable bonds is 2. The fraction of sp³-hybridized carbons (Fsp3) is 0.600. The molecule has 4 nitrogen and oxygen atoms in total. The molecule has 0 spiro atoms. The fourth-order valence-electron chi connectivity index (χ4n) is 3.35. The number of hydrogen-bond acceptors (Lipinski definition) is 5. The zero-order valence-electron chi connectivity index (χ0n) is 12.2. The van der Waals surface area contributed by atoms with Gasteiger partial charge in [0.1, 0.15) is 9.98 Å². The van der Waals surface area contributed by atoms with E-state index in [-0.39, 0.29) is 0 Å². The van der Waals surface area contributed by atoms with E-state index in [1.54, 1.807) is 0 Å². The van der Waals surface area contributed by atoms with Gasteiger partial charge in [-0.1, -0.05) is 18.5 Å². The monoisotopic (exact) mass is 322 g/mol. The van der Waals surface area contributed by atoms with Gasteiger partial charge in [0.25, 0.3) is 0 Å². The van der Waals surface area contributed by atoms with Crippen LogP contribution in [0.5, 0.6) is 0 Å². The SMILES string of the molecule is CCN1CCN(c2nc(Cl)c3c4c(sc3n2)CCC4)CC1. The summed E-state index contributed by atoms with van der Waals surface area (Å²) < 4.78 is 0. The number of anilines is 1. The molecule has 3 heterocycles. The molecule has 112 valence electrons. The summed E-state index contributed by atoms with van der Waals surface area (Å²) in [6.45, 7) is 7.46. The number of aryl methyl sites for hydroxylation is 2. The van der Waals surface area contributed by atoms with Crippen molar-refractivity contribution in [1.29, 1.82) is 0 Å². The van der Waals surface area contributed by atoms with E-state index < -0.39 is 0 Å². The Balaban J connectivity index is 1.68. The Kier molecular flexibility index (Phi) is 3.52. The Morgan fingerprint density at radius 2 is 1.95 bits per heavy atom. The van der Waals surface area contributed by atoms with Gasteiger partial charge in [-0.25, -0.2) is 9.97 Å². The first kappa shape index (κ1) is 13.7. The molecule has 2 aromatic rings. The summed E-state index contributed by atoms with van der Waals surface area (Å²) >= 11 is 8.29. The minimum absolute atomic E-state index is 0.646. The molecule has 0 amide bonds. The topological polar surface area (TPSA) is 32.3 Å². The lowest BCUT2D eigenvalue weighted by Crippen LogP contribution is -2.46. The predicted octanol–water partition coefficient (Wildman–Crippen LogP) is 2.98. The second kappa shape index (κ2) is 5.38. The van der Waals surface area contributed by atoms with Crippen LogP contribution in [0.15, 0.2) is 0 Å². The van der Waals surface area contributed by atoms with Crippen molar-refractivity contribution in [1.82, 2.24) is 14.9 Å². The number of halogens is 1. The molecule has 2 aliphatic rings. The maximum atomic E-state index is 6.48. The molecule has 1 aliphatic heterocycles. The van der Waals surface area contributed by atoms with Crippen molar-refractivity contribution in [3.8, 4) is 0 Å². The van der Waals surface area contributed by atoms with Gasteiger partial charge in [0, 0.05) is 31.1 Å². The van der Waals surface area contributed by atoms with Crippen molar-refractivity contribution in [2.75, 3.05) is 37.6 Å². The van der Waals surface area contributed by atoms with Crippen molar-refractivity contribution in [3.63, 3.8) is 0 Å². The molecule has 0 saturated carbocycles. The second-order valence-corrected chi connectivity index (χ2v) is 7.21. The van der Waals surface area contributed by atoms with Crippen LogP contribution < -0.4 is 4.90 Å². The predicted molar refractivity (Wildman–Crippen MR) is 88.8 cm³/mol. The van der Waals surface area contributed by atoms with E-state index in [0.717, 1.165) is 55.3 Å². The maximum absolute atomic E-state index is 6.48. The smallest absolute Gasteiger partial charge is 0.228 e. The third-order valence-electron chi connectivity index (χ3n) is 4.61. The van der Waals surface area contributed by atoms with E-state index in [9.17, 15) is 0 Å². The average Bonchev–Trinajstić information content (AvgIpc) is 3.07. The lowest BCUT2D eigenvalue weighted by molar-refractivity contribution is 0.270. The van der Waals surface area contributed by atoms with Crippen molar-refractivity contribution >= 4 is 39.1 Å². The normalized spacial score (nSPS) is 19.4. The van der Waals surface area contributed by atoms with Crippen LogP contribution in [0.4, 0.5) is 5.95 Å². The van der Waals surface area contributed by atoms with E-state index in [1.165, 1.54) is 23.3 Å². The minimum atomic E-state index is 0.646. The summed E-state index contributed by atoms with van der Waals surface area (Å²) in [5.41, 5.74) is 1.40. The Morgan fingerprint density at radius 3 is 2.71 bits per heavy atom. The molecule has 1 saturated heterocycles. The summed E-state index contributed by atoms with van der Waals surface area (Å²) in [6, 6.07) is 0. The van der Waals surface area contributed by atoms with E-state index >= 15 is 0 Å². The van der Waals surface area contributed by atoms with Gasteiger partial charge in [-0.05, 0) is 31.4 Å². The van der Waals surface area contributed by atoms with Crippen molar-refractivity contribution in [3.05, 3.63) is 15.6 Å². The van der Waals surface area contributed by atoms with Gasteiger partial charge in [0.2, 0.25) is 5.95 Å². The van der Waals surface area contributed by atoms with Crippen LogP contribution in [-0.2, 0) is 12.8 Å². The quantitative estimate of drug-likeness (QED) is 0.796. The number of piperazine rings is 1. The first-order valence-corrected chi connectivity index (χ1v) is 8.91. The van der Waals surface area contributed by atoms with Crippen LogP contribution in [0.2, 0.25) is 5.15 Å². The highest BCUT2D eigenvalue weighted by Gasteiger charge is 2.24. The molecule has 1 fully saturated rings. The van der Waals surface area contributed by atoms with Crippen molar-refractivity contribution in [2.24, 2.45) is 0 Å². The fourth-order valence-corrected chi connectivity index (χ4v) is 4.94. The lowest BCUT2D eigenvalue weighted by Gasteiger charge is -2.34. The number of thiophene rings is 1. The summed E-state index contributed by atoms with van der Waals surface area (Å²) in [5, 5.41) is 1.76. The number of fused-ring (bicyclic) bond motifs is 3. The molecule has 0 unspecified atom stereocenters. The second-order valence-electron chi connectivity index (χ2n) is 5.77. The van der Waals surface area contributed by atoms with Gasteiger partial charge in [0.05, 0.1) is 5.39 Å². The first-order chi connectivity index (χ1) is 10.3. The Morgan fingerprint density at radius 1 is 1.14 bits per heavy atom. The average molecular weight is 323 g/mol. The highest BCUT2D eigenvalue weighted by atomic mass is 35.5. The van der Waals surface area contributed by atoms with Crippen molar-refractivity contribution in [2.45, 2.75) is 26.2 Å². The molecular weight excluding hydrogens is 304 g/mol. The van der Waals surface area contributed by atoms with Crippen LogP contribution >= 0.6 is 22.9 Å². The number of hydrogen-bond donors (Lipinski definition) is 0. The third-order valence-corrected chi connectivity index (χ3v) is 6.07. The van der Waals surface area contributed by atoms with Crippen LogP contribution in [-0.4, -0.2) is 47.6 Å². The van der Waals surface area contributed by atoms with Gasteiger partial charge in [-0.2, -0.15) is 0 Å². The van der Waals surface area contributed by atoms with E-state index in [0.29, 0.717) is 5.15 Å². The molecule has 2 aromatic heterocycles. The maximum Gasteiger partial charge on any atom is 0.228 e. The lowest BCUT2D eigenvalue weighted by atomic mass is 10.2. The number of likely N-dealkylation sites (N-methyl/N-ethyl adjacent to an activating group) is 1. The molecule has 0 aromatic carbocycles. The van der Waals surface area contributed by atoms with Gasteiger partial charge in [0.15, 0.2) is 0 Å². The van der Waals surface area contributed by atoms with Crippen LogP contribution in [0.1, 0.15) is 23.8 Å². The van der Waals surface area contributed by atoms with Crippen LogP contribution in [0, 0.1) is 0 Å². The Hall–Kier alpha value is -0.910. The van der Waals surface area contributed by atoms with E-state index in [1.807, 2.05) is 11.3 Å². The zero-order valence-corrected chi connectivity index (χ0v) is 13.8. The van der Waals surface area contributed by atoms with Crippen molar-refractivity contribution < 1.29 is 0 Å². The molecule has 0 bridgehead atoms. The van der Waals surface area contributed by atoms with Crippen LogP contribution in [0.25, 0.3) is 10.2 Å². The molecule has 6 heteroatoms. The molecule has 21 heavy (non-hydrogen) atoms. The summed E-state index contributed by atoms with van der Waals surface area (Å²) in [6.07, 6.45) is 3.55. The van der Waals surface area contributed by atoms with Crippen LogP contribution in [0.3, 0.4) is 0 Å².